The van der Waals surface area contributed by atoms with Gasteiger partial charge in [-0.15, -0.1) is 0 Å². The molecule has 1 aliphatic rings. The highest BCUT2D eigenvalue weighted by atomic mass is 16.3. The van der Waals surface area contributed by atoms with Gasteiger partial charge in [-0.1, -0.05) is 0 Å². The smallest absolute Gasteiger partial charge is 0.242 e. The second-order valence-electron chi connectivity index (χ2n) is 4.84. The highest BCUT2D eigenvalue weighted by Gasteiger charge is 2.33. The number of nitrogens with zero attached hydrogens (tertiary/aromatic N) is 2. The number of carbonyl (C=O) groups is 1. The molecule has 1 aromatic heterocycles. The Morgan fingerprint density at radius 2 is 2.33 bits per heavy atom. The Labute approximate surface area is 107 Å². The zero-order valence-electron chi connectivity index (χ0n) is 10.9. The molecule has 0 aromatic carbocycles. The van der Waals surface area contributed by atoms with Gasteiger partial charge in [0.05, 0.1) is 19.4 Å². The van der Waals surface area contributed by atoms with Crippen molar-refractivity contribution in [2.24, 2.45) is 0 Å². The molecule has 1 amide bonds. The zero-order chi connectivity index (χ0) is 13.1. The van der Waals surface area contributed by atoms with Crippen LogP contribution in [-0.2, 0) is 11.3 Å². The van der Waals surface area contributed by atoms with Gasteiger partial charge in [-0.2, -0.15) is 0 Å². The third-order valence-electron chi connectivity index (χ3n) is 3.70. The molecule has 2 heterocycles. The molecule has 1 N–H and O–H groups in total. The highest BCUT2D eigenvalue weighted by molar-refractivity contribution is 5.82. The summed E-state index contributed by atoms with van der Waals surface area (Å²) < 4.78 is 5.28. The Morgan fingerprint density at radius 3 is 2.94 bits per heavy atom. The van der Waals surface area contributed by atoms with E-state index in [-0.39, 0.29) is 18.6 Å². The van der Waals surface area contributed by atoms with Crippen LogP contribution in [0.15, 0.2) is 22.8 Å². The Hall–Kier alpha value is -1.33. The second-order valence-corrected chi connectivity index (χ2v) is 4.84. The molecule has 2 unspecified atom stereocenters. The molecule has 18 heavy (non-hydrogen) atoms. The van der Waals surface area contributed by atoms with Crippen LogP contribution in [-0.4, -0.2) is 53.1 Å². The summed E-state index contributed by atoms with van der Waals surface area (Å²) in [6.07, 6.45) is 2.51. The lowest BCUT2D eigenvalue weighted by Gasteiger charge is -2.28. The Morgan fingerprint density at radius 1 is 1.56 bits per heavy atom. The van der Waals surface area contributed by atoms with E-state index >= 15 is 0 Å². The largest absolute Gasteiger partial charge is 0.467 e. The van der Waals surface area contributed by atoms with Gasteiger partial charge in [0.25, 0.3) is 0 Å². The molecule has 2 rings (SSSR count). The van der Waals surface area contributed by atoms with Crippen molar-refractivity contribution >= 4 is 5.91 Å². The quantitative estimate of drug-likeness (QED) is 0.860. The number of rotatable bonds is 3. The van der Waals surface area contributed by atoms with E-state index in [9.17, 15) is 9.90 Å². The summed E-state index contributed by atoms with van der Waals surface area (Å²) in [6, 6.07) is 3.51. The Kier molecular flexibility index (Phi) is 4.04. The van der Waals surface area contributed by atoms with Crippen molar-refractivity contribution in [3.8, 4) is 0 Å². The lowest BCUT2D eigenvalue weighted by atomic mass is 10.2. The normalized spacial score (nSPS) is 26.4. The van der Waals surface area contributed by atoms with Crippen LogP contribution in [0.25, 0.3) is 0 Å². The highest BCUT2D eigenvalue weighted by Crippen LogP contribution is 2.17. The number of hydrogen-bond donors (Lipinski definition) is 1. The summed E-state index contributed by atoms with van der Waals surface area (Å²) in [4.78, 5) is 16.1. The van der Waals surface area contributed by atoms with Crippen LogP contribution in [0, 0.1) is 0 Å². The second kappa shape index (κ2) is 5.54. The monoisotopic (exact) mass is 252 g/mol. The molecule has 1 saturated heterocycles. The molecule has 0 aliphatic carbocycles. The van der Waals surface area contributed by atoms with Crippen LogP contribution < -0.4 is 0 Å². The van der Waals surface area contributed by atoms with Crippen LogP contribution in [0.3, 0.4) is 0 Å². The van der Waals surface area contributed by atoms with Crippen LogP contribution in [0.5, 0.6) is 0 Å². The molecule has 100 valence electrons. The molecule has 1 aliphatic heterocycles. The van der Waals surface area contributed by atoms with Crippen molar-refractivity contribution in [1.82, 2.24) is 9.80 Å². The molecule has 2 atom stereocenters. The summed E-state index contributed by atoms with van der Waals surface area (Å²) in [5.41, 5.74) is 0. The van der Waals surface area contributed by atoms with Crippen molar-refractivity contribution in [2.45, 2.75) is 32.0 Å². The van der Waals surface area contributed by atoms with Gasteiger partial charge in [-0.25, -0.2) is 0 Å². The van der Waals surface area contributed by atoms with Crippen molar-refractivity contribution in [2.75, 3.05) is 20.2 Å². The van der Waals surface area contributed by atoms with Gasteiger partial charge < -0.3 is 14.4 Å². The number of furan rings is 1. The predicted molar refractivity (Wildman–Crippen MR) is 66.8 cm³/mol. The first-order chi connectivity index (χ1) is 8.63. The molecule has 0 saturated carbocycles. The maximum atomic E-state index is 12.3. The molecule has 5 heteroatoms. The number of aliphatic hydroxyl groups is 1. The van der Waals surface area contributed by atoms with E-state index in [1.165, 1.54) is 0 Å². The van der Waals surface area contributed by atoms with E-state index in [0.29, 0.717) is 13.1 Å². The van der Waals surface area contributed by atoms with E-state index in [0.717, 1.165) is 12.2 Å². The molecule has 0 radical (unpaired) electrons. The van der Waals surface area contributed by atoms with Crippen molar-refractivity contribution in [3.05, 3.63) is 24.2 Å². The molecule has 1 aromatic rings. The third-order valence-corrected chi connectivity index (χ3v) is 3.70. The van der Waals surface area contributed by atoms with E-state index in [2.05, 4.69) is 6.92 Å². The fraction of sp³-hybridized carbons (Fsp3) is 0.615. The first-order valence-corrected chi connectivity index (χ1v) is 6.27. The van der Waals surface area contributed by atoms with Gasteiger partial charge in [0.1, 0.15) is 11.8 Å². The van der Waals surface area contributed by atoms with E-state index in [1.807, 2.05) is 24.1 Å². The fourth-order valence-corrected chi connectivity index (χ4v) is 2.30. The topological polar surface area (TPSA) is 56.9 Å². The maximum absolute atomic E-state index is 12.3. The van der Waals surface area contributed by atoms with Crippen molar-refractivity contribution in [3.63, 3.8) is 0 Å². The zero-order valence-corrected chi connectivity index (χ0v) is 10.9. The van der Waals surface area contributed by atoms with Crippen LogP contribution >= 0.6 is 0 Å². The lowest BCUT2D eigenvalue weighted by Crippen LogP contribution is -2.48. The summed E-state index contributed by atoms with van der Waals surface area (Å²) in [6.45, 7) is 3.10. The first-order valence-electron chi connectivity index (χ1n) is 6.27. The fourth-order valence-electron chi connectivity index (χ4n) is 2.30. The van der Waals surface area contributed by atoms with E-state index in [1.54, 1.807) is 11.2 Å². The van der Waals surface area contributed by atoms with Crippen molar-refractivity contribution < 1.29 is 14.3 Å². The summed E-state index contributed by atoms with van der Waals surface area (Å²) in [5, 5.41) is 9.41. The maximum Gasteiger partial charge on any atom is 0.242 e. The Balaban J connectivity index is 2.13. The van der Waals surface area contributed by atoms with Gasteiger partial charge in [-0.05, 0) is 32.5 Å². The number of hydrogen-bond acceptors (Lipinski definition) is 4. The van der Waals surface area contributed by atoms with E-state index < -0.39 is 6.04 Å². The van der Waals surface area contributed by atoms with Gasteiger partial charge in [0.15, 0.2) is 0 Å². The minimum Gasteiger partial charge on any atom is -0.467 e. The van der Waals surface area contributed by atoms with E-state index in [4.69, 9.17) is 4.42 Å². The first kappa shape index (κ1) is 13.1. The summed E-state index contributed by atoms with van der Waals surface area (Å²) in [5.74, 6) is 0.748. The number of aliphatic hydroxyl groups excluding tert-OH is 1. The Bertz CT molecular complexity index is 391. The molecular weight excluding hydrogens is 232 g/mol. The van der Waals surface area contributed by atoms with Crippen LogP contribution in [0.2, 0.25) is 0 Å². The van der Waals surface area contributed by atoms with Crippen molar-refractivity contribution in [1.29, 1.82) is 0 Å². The standard InChI is InChI=1S/C13H20N2O3/c1-10-5-6-15(8-11-4-3-7-18-11)13(17)12(9-16)14(10)2/h3-4,7,10,12,16H,5-6,8-9H2,1-2H3. The summed E-state index contributed by atoms with van der Waals surface area (Å²) in [7, 11) is 1.89. The number of amides is 1. The average Bonchev–Trinajstić information content (AvgIpc) is 2.83. The SMILES string of the molecule is CC1CCN(Cc2ccco2)C(=O)C(CO)N1C. The molecule has 0 bridgehead atoms. The minimum absolute atomic E-state index is 0.0271. The average molecular weight is 252 g/mol. The molecule has 1 fully saturated rings. The van der Waals surface area contributed by atoms with Gasteiger partial charge in [0.2, 0.25) is 5.91 Å². The summed E-state index contributed by atoms with van der Waals surface area (Å²) >= 11 is 0. The third kappa shape index (κ3) is 2.57. The minimum atomic E-state index is -0.447. The van der Waals surface area contributed by atoms with Crippen LogP contribution in [0.4, 0.5) is 0 Å². The van der Waals surface area contributed by atoms with Crippen LogP contribution in [0.1, 0.15) is 19.1 Å². The number of likely N-dealkylation sites (N-methyl/N-ethyl adjacent to an activating group) is 1. The van der Waals surface area contributed by atoms with Gasteiger partial charge in [0, 0.05) is 12.6 Å². The van der Waals surface area contributed by atoms with Gasteiger partial charge in [-0.3, -0.25) is 9.69 Å². The molecule has 5 nitrogen and oxygen atoms in total. The molecular formula is C13H20N2O3. The lowest BCUT2D eigenvalue weighted by molar-refractivity contribution is -0.137. The molecule has 0 spiro atoms. The number of carbonyl (C=O) groups excluding carboxylic acids is 1. The van der Waals surface area contributed by atoms with Gasteiger partial charge >= 0.3 is 0 Å². The predicted octanol–water partition coefficient (Wildman–Crippen LogP) is 0.693.